The highest BCUT2D eigenvalue weighted by Gasteiger charge is 2.50. The Kier molecular flexibility index (Phi) is 5.79. The minimum Gasteiger partial charge on any atom is -0.457 e. The number of nitrogens with zero attached hydrogens (tertiary/aromatic N) is 2. The van der Waals surface area contributed by atoms with Crippen molar-refractivity contribution in [1.82, 2.24) is 9.97 Å². The lowest BCUT2D eigenvalue weighted by atomic mass is 9.66. The Morgan fingerprint density at radius 3 is 1.75 bits per heavy atom. The van der Waals surface area contributed by atoms with E-state index < -0.39 is 5.41 Å². The zero-order valence-corrected chi connectivity index (χ0v) is 26.0. The van der Waals surface area contributed by atoms with Gasteiger partial charge in [-0.2, -0.15) is 0 Å². The standard InChI is InChI=1S/C45H28N2O/c1-2-12-30(13-3-1)43-35-15-5-9-19-40(35)46-44(47-43)31-24-22-29(23-25-31)32-26-27-34-33-14-4-6-16-36(33)45(39(34)28-32)37-17-7-10-20-41(37)48-42-21-11-8-18-38(42)45/h1-28H. The fraction of sp³-hybridized carbons (Fsp3) is 0.0222. The van der Waals surface area contributed by atoms with Crippen LogP contribution in [0.15, 0.2) is 170 Å². The number of rotatable bonds is 3. The number of benzene rings is 7. The molecule has 0 atom stereocenters. The maximum Gasteiger partial charge on any atom is 0.160 e. The van der Waals surface area contributed by atoms with Gasteiger partial charge in [0.15, 0.2) is 5.82 Å². The third kappa shape index (κ3) is 3.82. The van der Waals surface area contributed by atoms with E-state index in [9.17, 15) is 0 Å². The quantitative estimate of drug-likeness (QED) is 0.199. The van der Waals surface area contributed by atoms with Gasteiger partial charge in [0.2, 0.25) is 0 Å². The van der Waals surface area contributed by atoms with Crippen LogP contribution in [0.5, 0.6) is 11.5 Å². The maximum absolute atomic E-state index is 6.52. The molecular weight excluding hydrogens is 585 g/mol. The van der Waals surface area contributed by atoms with Crippen LogP contribution < -0.4 is 4.74 Å². The summed E-state index contributed by atoms with van der Waals surface area (Å²) in [7, 11) is 0. The largest absolute Gasteiger partial charge is 0.457 e. The van der Waals surface area contributed by atoms with Crippen molar-refractivity contribution in [1.29, 1.82) is 0 Å². The predicted molar refractivity (Wildman–Crippen MR) is 193 cm³/mol. The fourth-order valence-electron chi connectivity index (χ4n) is 7.87. The highest BCUT2D eigenvalue weighted by atomic mass is 16.5. The van der Waals surface area contributed by atoms with E-state index in [-0.39, 0.29) is 0 Å². The summed E-state index contributed by atoms with van der Waals surface area (Å²) in [5.74, 6) is 2.52. The van der Waals surface area contributed by atoms with E-state index >= 15 is 0 Å². The fourth-order valence-corrected chi connectivity index (χ4v) is 7.87. The topological polar surface area (TPSA) is 35.0 Å². The van der Waals surface area contributed by atoms with Gasteiger partial charge in [-0.15, -0.1) is 0 Å². The molecule has 3 nitrogen and oxygen atoms in total. The summed E-state index contributed by atoms with van der Waals surface area (Å²) >= 11 is 0. The number of para-hydroxylation sites is 3. The second kappa shape index (κ2) is 10.3. The van der Waals surface area contributed by atoms with Crippen molar-refractivity contribution in [2.24, 2.45) is 0 Å². The summed E-state index contributed by atoms with van der Waals surface area (Å²) in [6, 6.07) is 60.0. The molecule has 0 saturated carbocycles. The van der Waals surface area contributed by atoms with E-state index in [0.717, 1.165) is 50.6 Å². The molecule has 0 radical (unpaired) electrons. The molecule has 1 aliphatic heterocycles. The lowest BCUT2D eigenvalue weighted by molar-refractivity contribution is 0.436. The molecule has 2 aliphatic rings. The molecule has 0 amide bonds. The maximum atomic E-state index is 6.52. The Hall–Kier alpha value is -6.32. The van der Waals surface area contributed by atoms with Gasteiger partial charge in [-0.1, -0.05) is 146 Å². The van der Waals surface area contributed by atoms with Gasteiger partial charge in [-0.3, -0.25) is 0 Å². The van der Waals surface area contributed by atoms with Crippen LogP contribution in [-0.2, 0) is 5.41 Å². The Morgan fingerprint density at radius 1 is 0.396 bits per heavy atom. The second-order valence-electron chi connectivity index (χ2n) is 12.5. The molecule has 3 heteroatoms. The summed E-state index contributed by atoms with van der Waals surface area (Å²) in [5, 5.41) is 1.05. The molecule has 0 bridgehead atoms. The van der Waals surface area contributed by atoms with Crippen LogP contribution in [0.2, 0.25) is 0 Å². The molecule has 48 heavy (non-hydrogen) atoms. The third-order valence-corrected chi connectivity index (χ3v) is 9.97. The van der Waals surface area contributed by atoms with Crippen molar-refractivity contribution in [2.45, 2.75) is 5.41 Å². The molecule has 1 aromatic heterocycles. The molecule has 0 fully saturated rings. The van der Waals surface area contributed by atoms with Crippen LogP contribution in [0, 0.1) is 0 Å². The first-order chi connectivity index (χ1) is 23.8. The second-order valence-corrected chi connectivity index (χ2v) is 12.5. The Morgan fingerprint density at radius 2 is 0.979 bits per heavy atom. The van der Waals surface area contributed by atoms with Crippen LogP contribution in [0.3, 0.4) is 0 Å². The molecule has 0 N–H and O–H groups in total. The first-order valence-corrected chi connectivity index (χ1v) is 16.3. The lowest BCUT2D eigenvalue weighted by Gasteiger charge is -2.39. The minimum absolute atomic E-state index is 0.486. The number of hydrogen-bond donors (Lipinski definition) is 0. The molecule has 2 heterocycles. The van der Waals surface area contributed by atoms with Crippen molar-refractivity contribution in [3.63, 3.8) is 0 Å². The summed E-state index contributed by atoms with van der Waals surface area (Å²) in [6.07, 6.45) is 0. The summed E-state index contributed by atoms with van der Waals surface area (Å²) in [5.41, 5.74) is 13.2. The normalized spacial score (nSPS) is 13.3. The van der Waals surface area contributed by atoms with Crippen LogP contribution in [-0.4, -0.2) is 9.97 Å². The number of ether oxygens (including phenoxy) is 1. The molecule has 224 valence electrons. The van der Waals surface area contributed by atoms with Crippen molar-refractivity contribution in [3.05, 3.63) is 192 Å². The van der Waals surface area contributed by atoms with Gasteiger partial charge in [0.05, 0.1) is 16.6 Å². The lowest BCUT2D eigenvalue weighted by Crippen LogP contribution is -2.32. The molecule has 1 aliphatic carbocycles. The van der Waals surface area contributed by atoms with E-state index in [1.807, 2.05) is 18.2 Å². The number of hydrogen-bond acceptors (Lipinski definition) is 3. The minimum atomic E-state index is -0.486. The predicted octanol–water partition coefficient (Wildman–Crippen LogP) is 11.1. The van der Waals surface area contributed by atoms with Crippen molar-refractivity contribution < 1.29 is 4.74 Å². The molecule has 8 aromatic rings. The number of aromatic nitrogens is 2. The molecule has 0 saturated heterocycles. The summed E-state index contributed by atoms with van der Waals surface area (Å²) < 4.78 is 6.52. The van der Waals surface area contributed by atoms with Gasteiger partial charge in [0.1, 0.15) is 11.5 Å². The van der Waals surface area contributed by atoms with Crippen LogP contribution in [0.25, 0.3) is 55.8 Å². The molecule has 0 unspecified atom stereocenters. The third-order valence-electron chi connectivity index (χ3n) is 9.97. The Labute approximate surface area is 278 Å². The zero-order valence-electron chi connectivity index (χ0n) is 26.0. The van der Waals surface area contributed by atoms with Crippen molar-refractivity contribution in [2.75, 3.05) is 0 Å². The van der Waals surface area contributed by atoms with E-state index in [0.29, 0.717) is 0 Å². The van der Waals surface area contributed by atoms with E-state index in [1.54, 1.807) is 0 Å². The van der Waals surface area contributed by atoms with E-state index in [1.165, 1.54) is 38.9 Å². The summed E-state index contributed by atoms with van der Waals surface area (Å²) in [4.78, 5) is 10.1. The smallest absolute Gasteiger partial charge is 0.160 e. The highest BCUT2D eigenvalue weighted by Crippen LogP contribution is 2.62. The van der Waals surface area contributed by atoms with Crippen LogP contribution in [0.1, 0.15) is 22.3 Å². The van der Waals surface area contributed by atoms with Crippen molar-refractivity contribution in [3.8, 4) is 56.4 Å². The van der Waals surface area contributed by atoms with Gasteiger partial charge in [-0.25, -0.2) is 9.97 Å². The molecule has 1 spiro atoms. The van der Waals surface area contributed by atoms with Crippen molar-refractivity contribution >= 4 is 10.9 Å². The Balaban J connectivity index is 1.12. The van der Waals surface area contributed by atoms with Crippen LogP contribution in [0.4, 0.5) is 0 Å². The SMILES string of the molecule is c1ccc(-c2nc(-c3ccc(-c4ccc5c(c4)C4(c6ccccc6Oc6ccccc64)c4ccccc4-5)cc3)nc3ccccc23)cc1. The average molecular weight is 613 g/mol. The first kappa shape index (κ1) is 26.9. The van der Waals surface area contributed by atoms with Gasteiger partial charge >= 0.3 is 0 Å². The van der Waals surface area contributed by atoms with Gasteiger partial charge < -0.3 is 4.74 Å². The monoisotopic (exact) mass is 612 g/mol. The van der Waals surface area contributed by atoms with Gasteiger partial charge in [0, 0.05) is 27.6 Å². The molecule has 7 aromatic carbocycles. The van der Waals surface area contributed by atoms with Gasteiger partial charge in [-0.05, 0) is 57.6 Å². The first-order valence-electron chi connectivity index (χ1n) is 16.3. The highest BCUT2D eigenvalue weighted by molar-refractivity contribution is 5.94. The van der Waals surface area contributed by atoms with E-state index in [4.69, 9.17) is 14.7 Å². The summed E-state index contributed by atoms with van der Waals surface area (Å²) in [6.45, 7) is 0. The molecular formula is C45H28N2O. The number of fused-ring (bicyclic) bond motifs is 10. The van der Waals surface area contributed by atoms with E-state index in [2.05, 4.69) is 152 Å². The van der Waals surface area contributed by atoms with Gasteiger partial charge in [0.25, 0.3) is 0 Å². The Bertz CT molecular complexity index is 2490. The van der Waals surface area contributed by atoms with Crippen LogP contribution >= 0.6 is 0 Å². The zero-order chi connectivity index (χ0) is 31.7. The average Bonchev–Trinajstić information content (AvgIpc) is 3.45. The molecule has 10 rings (SSSR count).